The van der Waals surface area contributed by atoms with Crippen molar-refractivity contribution in [3.8, 4) is 11.8 Å². The van der Waals surface area contributed by atoms with Crippen molar-refractivity contribution in [3.63, 3.8) is 0 Å². The fourth-order valence-corrected chi connectivity index (χ4v) is 1.73. The Hall–Kier alpha value is -0.560. The predicted molar refractivity (Wildman–Crippen MR) is 57.9 cm³/mol. The molecule has 0 aromatic heterocycles. The summed E-state index contributed by atoms with van der Waals surface area (Å²) >= 11 is 0. The van der Waals surface area contributed by atoms with Crippen LogP contribution in [0.1, 0.15) is 26.2 Å². The van der Waals surface area contributed by atoms with Crippen LogP contribution in [0.15, 0.2) is 0 Å². The highest BCUT2D eigenvalue weighted by Gasteiger charge is 2.29. The van der Waals surface area contributed by atoms with Crippen molar-refractivity contribution in [1.82, 2.24) is 5.32 Å². The van der Waals surface area contributed by atoms with Crippen molar-refractivity contribution >= 4 is 0 Å². The molecule has 1 aliphatic rings. The maximum absolute atomic E-state index is 5.80. The van der Waals surface area contributed by atoms with Crippen LogP contribution in [-0.2, 0) is 4.74 Å². The molecule has 1 aliphatic heterocycles. The van der Waals surface area contributed by atoms with Crippen LogP contribution in [0.3, 0.4) is 0 Å². The first-order chi connectivity index (χ1) is 6.83. The molecule has 0 aromatic rings. The molecule has 1 fully saturated rings. The minimum absolute atomic E-state index is 0.105. The van der Waals surface area contributed by atoms with Crippen LogP contribution in [-0.4, -0.2) is 31.8 Å². The lowest BCUT2D eigenvalue weighted by atomic mass is 9.90. The van der Waals surface area contributed by atoms with E-state index < -0.39 is 0 Å². The van der Waals surface area contributed by atoms with E-state index >= 15 is 0 Å². The molecular formula is C11H20N2O. The van der Waals surface area contributed by atoms with Gasteiger partial charge in [0.15, 0.2) is 0 Å². The second-order valence-corrected chi connectivity index (χ2v) is 3.70. The zero-order valence-corrected chi connectivity index (χ0v) is 8.94. The topological polar surface area (TPSA) is 47.3 Å². The van der Waals surface area contributed by atoms with E-state index in [1.165, 1.54) is 0 Å². The molecular weight excluding hydrogens is 176 g/mol. The molecule has 1 saturated heterocycles. The summed E-state index contributed by atoms with van der Waals surface area (Å²) in [6.45, 7) is 5.13. The van der Waals surface area contributed by atoms with Crippen molar-refractivity contribution in [2.24, 2.45) is 5.73 Å². The lowest BCUT2D eigenvalue weighted by molar-refractivity contribution is 0.0418. The second kappa shape index (κ2) is 6.02. The van der Waals surface area contributed by atoms with E-state index in [1.807, 2.05) is 6.92 Å². The summed E-state index contributed by atoms with van der Waals surface area (Å²) in [6.07, 6.45) is 2.94. The highest BCUT2D eigenvalue weighted by atomic mass is 16.5. The number of hydrogen-bond donors (Lipinski definition) is 2. The summed E-state index contributed by atoms with van der Waals surface area (Å²) in [5.74, 6) is 5.93. The Kier molecular flexibility index (Phi) is 4.95. The molecule has 3 nitrogen and oxygen atoms in total. The Bertz CT molecular complexity index is 211. The molecule has 0 radical (unpaired) electrons. The van der Waals surface area contributed by atoms with Gasteiger partial charge in [-0.25, -0.2) is 0 Å². The van der Waals surface area contributed by atoms with E-state index in [1.54, 1.807) is 0 Å². The van der Waals surface area contributed by atoms with Crippen molar-refractivity contribution in [1.29, 1.82) is 0 Å². The smallest absolute Gasteiger partial charge is 0.0484 e. The molecule has 0 amide bonds. The Morgan fingerprint density at radius 2 is 2.14 bits per heavy atom. The number of rotatable bonds is 4. The Balaban J connectivity index is 2.31. The molecule has 0 atom stereocenters. The van der Waals surface area contributed by atoms with Gasteiger partial charge in [0.05, 0.1) is 0 Å². The van der Waals surface area contributed by atoms with Gasteiger partial charge in [-0.2, -0.15) is 0 Å². The first-order valence-corrected chi connectivity index (χ1v) is 5.25. The summed E-state index contributed by atoms with van der Waals surface area (Å²) in [5, 5.41) is 3.51. The molecule has 0 aliphatic carbocycles. The van der Waals surface area contributed by atoms with E-state index in [0.29, 0.717) is 6.54 Å². The van der Waals surface area contributed by atoms with Crippen LogP contribution in [0.25, 0.3) is 0 Å². The van der Waals surface area contributed by atoms with Crippen molar-refractivity contribution in [2.75, 3.05) is 26.3 Å². The van der Waals surface area contributed by atoms with Gasteiger partial charge in [0.2, 0.25) is 0 Å². The van der Waals surface area contributed by atoms with Crippen molar-refractivity contribution in [3.05, 3.63) is 0 Å². The van der Waals surface area contributed by atoms with Crippen LogP contribution in [0.2, 0.25) is 0 Å². The summed E-state index contributed by atoms with van der Waals surface area (Å²) < 4.78 is 5.33. The quantitative estimate of drug-likeness (QED) is 0.508. The molecule has 0 aromatic carbocycles. The summed E-state index contributed by atoms with van der Waals surface area (Å²) in [6, 6.07) is 0. The highest BCUT2D eigenvalue weighted by molar-refractivity contribution is 4.97. The molecule has 1 heterocycles. The summed E-state index contributed by atoms with van der Waals surface area (Å²) in [5.41, 5.74) is 5.90. The number of hydrogen-bond acceptors (Lipinski definition) is 3. The highest BCUT2D eigenvalue weighted by Crippen LogP contribution is 2.18. The normalized spacial score (nSPS) is 19.9. The van der Waals surface area contributed by atoms with Gasteiger partial charge in [-0.05, 0) is 19.8 Å². The lowest BCUT2D eigenvalue weighted by Crippen LogP contribution is -2.54. The molecule has 0 unspecified atom stereocenters. The van der Waals surface area contributed by atoms with E-state index in [9.17, 15) is 0 Å². The van der Waals surface area contributed by atoms with Crippen molar-refractivity contribution < 1.29 is 4.74 Å². The number of nitrogens with two attached hydrogens (primary N) is 1. The molecule has 14 heavy (non-hydrogen) atoms. The Morgan fingerprint density at radius 3 is 2.71 bits per heavy atom. The van der Waals surface area contributed by atoms with Crippen LogP contribution < -0.4 is 11.1 Å². The fourth-order valence-electron chi connectivity index (χ4n) is 1.73. The summed E-state index contributed by atoms with van der Waals surface area (Å²) in [4.78, 5) is 0. The third-order valence-corrected chi connectivity index (χ3v) is 2.77. The monoisotopic (exact) mass is 196 g/mol. The zero-order chi connectivity index (χ0) is 10.3. The van der Waals surface area contributed by atoms with E-state index in [-0.39, 0.29) is 5.54 Å². The minimum Gasteiger partial charge on any atom is -0.381 e. The molecule has 0 saturated carbocycles. The predicted octanol–water partition coefficient (Wildman–Crippen LogP) is 0.497. The SMILES string of the molecule is CC#CCCNC1(CN)CCOCC1. The molecule has 3 heteroatoms. The van der Waals surface area contributed by atoms with Crippen LogP contribution >= 0.6 is 0 Å². The molecule has 80 valence electrons. The zero-order valence-electron chi connectivity index (χ0n) is 8.94. The minimum atomic E-state index is 0.105. The van der Waals surface area contributed by atoms with Gasteiger partial charge in [-0.3, -0.25) is 0 Å². The molecule has 0 spiro atoms. The van der Waals surface area contributed by atoms with Crippen LogP contribution in [0.4, 0.5) is 0 Å². The van der Waals surface area contributed by atoms with Gasteiger partial charge >= 0.3 is 0 Å². The first kappa shape index (κ1) is 11.5. The largest absolute Gasteiger partial charge is 0.381 e. The molecule has 3 N–H and O–H groups in total. The van der Waals surface area contributed by atoms with Crippen molar-refractivity contribution in [2.45, 2.75) is 31.7 Å². The standard InChI is InChI=1S/C11H20N2O/c1-2-3-4-7-13-11(10-12)5-8-14-9-6-11/h13H,4-10,12H2,1H3. The Morgan fingerprint density at radius 1 is 1.43 bits per heavy atom. The lowest BCUT2D eigenvalue weighted by Gasteiger charge is -2.37. The maximum atomic E-state index is 5.80. The van der Waals surface area contributed by atoms with Gasteiger partial charge in [0.25, 0.3) is 0 Å². The number of ether oxygens (including phenoxy) is 1. The number of nitrogens with one attached hydrogen (secondary N) is 1. The van der Waals surface area contributed by atoms with Gasteiger partial charge in [0.1, 0.15) is 0 Å². The molecule has 0 bridgehead atoms. The van der Waals surface area contributed by atoms with Crippen LogP contribution in [0, 0.1) is 11.8 Å². The average Bonchev–Trinajstić information content (AvgIpc) is 2.26. The average molecular weight is 196 g/mol. The van der Waals surface area contributed by atoms with E-state index in [2.05, 4.69) is 17.2 Å². The van der Waals surface area contributed by atoms with Gasteiger partial charge in [-0.15, -0.1) is 11.8 Å². The van der Waals surface area contributed by atoms with Gasteiger partial charge < -0.3 is 15.8 Å². The fraction of sp³-hybridized carbons (Fsp3) is 0.818. The third-order valence-electron chi connectivity index (χ3n) is 2.77. The summed E-state index contributed by atoms with van der Waals surface area (Å²) in [7, 11) is 0. The van der Waals surface area contributed by atoms with Gasteiger partial charge in [0, 0.05) is 38.3 Å². The third kappa shape index (κ3) is 3.30. The van der Waals surface area contributed by atoms with Gasteiger partial charge in [-0.1, -0.05) is 0 Å². The molecule has 1 rings (SSSR count). The first-order valence-electron chi connectivity index (χ1n) is 5.25. The second-order valence-electron chi connectivity index (χ2n) is 3.70. The maximum Gasteiger partial charge on any atom is 0.0484 e. The van der Waals surface area contributed by atoms with E-state index in [0.717, 1.165) is 39.0 Å². The Labute approximate surface area is 86.4 Å². The van der Waals surface area contributed by atoms with E-state index in [4.69, 9.17) is 10.5 Å². The van der Waals surface area contributed by atoms with Crippen LogP contribution in [0.5, 0.6) is 0 Å².